The first-order valence-electron chi connectivity index (χ1n) is 3.46. The van der Waals surface area contributed by atoms with Crippen molar-refractivity contribution in [3.05, 3.63) is 40.1 Å². The first kappa shape index (κ1) is 8.64. The van der Waals surface area contributed by atoms with Gasteiger partial charge in [-0.3, -0.25) is 15.1 Å². The number of aromatic nitrogens is 1. The van der Waals surface area contributed by atoms with E-state index in [4.69, 9.17) is 0 Å². The molecule has 12 heavy (non-hydrogen) atoms. The van der Waals surface area contributed by atoms with Crippen LogP contribution in [-0.2, 0) is 0 Å². The topological polar surface area (TPSA) is 56.0 Å². The van der Waals surface area contributed by atoms with Crippen molar-refractivity contribution in [2.75, 3.05) is 0 Å². The fourth-order valence-electron chi connectivity index (χ4n) is 1.05. The second-order valence-electron chi connectivity index (χ2n) is 2.62. The average molecular weight is 165 g/mol. The number of nitro groups is 1. The van der Waals surface area contributed by atoms with Gasteiger partial charge < -0.3 is 0 Å². The van der Waals surface area contributed by atoms with E-state index in [0.29, 0.717) is 16.8 Å². The fourth-order valence-corrected chi connectivity index (χ4v) is 1.05. The third-order valence-corrected chi connectivity index (χ3v) is 1.76. The SMILES string of the molecule is [CH2]c1ncc(C)c([N+](=O)[O-])c1C. The van der Waals surface area contributed by atoms with Gasteiger partial charge in [0.25, 0.3) is 5.69 Å². The first-order chi connectivity index (χ1) is 5.54. The molecule has 4 heteroatoms. The second-order valence-corrected chi connectivity index (χ2v) is 2.62. The van der Waals surface area contributed by atoms with Gasteiger partial charge in [0.15, 0.2) is 0 Å². The zero-order chi connectivity index (χ0) is 9.30. The van der Waals surface area contributed by atoms with Gasteiger partial charge >= 0.3 is 0 Å². The van der Waals surface area contributed by atoms with E-state index in [0.717, 1.165) is 0 Å². The van der Waals surface area contributed by atoms with Crippen LogP contribution >= 0.6 is 0 Å². The van der Waals surface area contributed by atoms with Gasteiger partial charge in [0.1, 0.15) is 0 Å². The van der Waals surface area contributed by atoms with Gasteiger partial charge in [-0.15, -0.1) is 0 Å². The van der Waals surface area contributed by atoms with Crippen LogP contribution in [0.4, 0.5) is 5.69 Å². The lowest BCUT2D eigenvalue weighted by Gasteiger charge is -2.02. The normalized spacial score (nSPS) is 9.92. The van der Waals surface area contributed by atoms with Crippen molar-refractivity contribution in [3.8, 4) is 0 Å². The van der Waals surface area contributed by atoms with Gasteiger partial charge in [0, 0.05) is 17.3 Å². The molecule has 1 aromatic heterocycles. The van der Waals surface area contributed by atoms with Crippen LogP contribution in [0.1, 0.15) is 16.8 Å². The fraction of sp³-hybridized carbons (Fsp3) is 0.250. The van der Waals surface area contributed by atoms with Crippen LogP contribution in [0.2, 0.25) is 0 Å². The molecular formula is C8H9N2O2. The van der Waals surface area contributed by atoms with Crippen molar-refractivity contribution >= 4 is 5.69 Å². The minimum Gasteiger partial charge on any atom is -0.260 e. The summed E-state index contributed by atoms with van der Waals surface area (Å²) in [6, 6.07) is 0. The summed E-state index contributed by atoms with van der Waals surface area (Å²) in [5, 5.41) is 10.5. The Balaban J connectivity index is 3.43. The second kappa shape index (κ2) is 2.89. The van der Waals surface area contributed by atoms with Gasteiger partial charge in [-0.05, 0) is 20.8 Å². The predicted molar refractivity (Wildman–Crippen MR) is 44.8 cm³/mol. The number of aryl methyl sites for hydroxylation is 1. The van der Waals surface area contributed by atoms with E-state index in [-0.39, 0.29) is 5.69 Å². The molecular weight excluding hydrogens is 156 g/mol. The lowest BCUT2D eigenvalue weighted by molar-refractivity contribution is -0.386. The van der Waals surface area contributed by atoms with Crippen LogP contribution in [-0.4, -0.2) is 9.91 Å². The van der Waals surface area contributed by atoms with E-state index >= 15 is 0 Å². The van der Waals surface area contributed by atoms with Crippen molar-refractivity contribution in [2.45, 2.75) is 13.8 Å². The highest BCUT2D eigenvalue weighted by Crippen LogP contribution is 2.22. The van der Waals surface area contributed by atoms with E-state index < -0.39 is 4.92 Å². The monoisotopic (exact) mass is 165 g/mol. The highest BCUT2D eigenvalue weighted by molar-refractivity contribution is 5.47. The van der Waals surface area contributed by atoms with Crippen molar-refractivity contribution in [3.63, 3.8) is 0 Å². The third-order valence-electron chi connectivity index (χ3n) is 1.76. The summed E-state index contributed by atoms with van der Waals surface area (Å²) in [6.45, 7) is 6.91. The number of hydrogen-bond acceptors (Lipinski definition) is 3. The van der Waals surface area contributed by atoms with Crippen LogP contribution in [0.25, 0.3) is 0 Å². The summed E-state index contributed by atoms with van der Waals surface area (Å²) in [4.78, 5) is 14.0. The van der Waals surface area contributed by atoms with E-state index in [1.54, 1.807) is 13.8 Å². The molecule has 0 spiro atoms. The molecule has 0 bridgehead atoms. The average Bonchev–Trinajstić information content (AvgIpc) is 1.97. The van der Waals surface area contributed by atoms with Crippen LogP contribution in [0.5, 0.6) is 0 Å². The molecule has 63 valence electrons. The molecule has 0 N–H and O–H groups in total. The molecule has 0 fully saturated rings. The summed E-state index contributed by atoms with van der Waals surface area (Å²) in [7, 11) is 0. The molecule has 0 aromatic carbocycles. The van der Waals surface area contributed by atoms with E-state index in [1.165, 1.54) is 6.20 Å². The Kier molecular flexibility index (Phi) is 2.08. The molecule has 0 saturated heterocycles. The lowest BCUT2D eigenvalue weighted by atomic mass is 10.1. The quantitative estimate of drug-likeness (QED) is 0.470. The lowest BCUT2D eigenvalue weighted by Crippen LogP contribution is -1.98. The third kappa shape index (κ3) is 1.28. The number of nitrogens with zero attached hydrogens (tertiary/aromatic N) is 2. The maximum Gasteiger partial charge on any atom is 0.278 e. The maximum absolute atomic E-state index is 10.5. The Morgan fingerprint density at radius 1 is 1.58 bits per heavy atom. The largest absolute Gasteiger partial charge is 0.278 e. The Morgan fingerprint density at radius 3 is 2.58 bits per heavy atom. The van der Waals surface area contributed by atoms with Crippen molar-refractivity contribution in [2.24, 2.45) is 0 Å². The van der Waals surface area contributed by atoms with Crippen LogP contribution in [0.3, 0.4) is 0 Å². The molecule has 4 nitrogen and oxygen atoms in total. The highest BCUT2D eigenvalue weighted by Gasteiger charge is 2.16. The molecule has 0 aliphatic carbocycles. The van der Waals surface area contributed by atoms with Gasteiger partial charge in [-0.2, -0.15) is 0 Å². The standard InChI is InChI=1S/C8H9N2O2/c1-5-4-9-7(3)6(2)8(5)10(11)12/h4H,3H2,1-2H3. The molecule has 0 saturated carbocycles. The summed E-state index contributed by atoms with van der Waals surface area (Å²) in [5.74, 6) is 0. The molecule has 0 atom stereocenters. The Morgan fingerprint density at radius 2 is 2.17 bits per heavy atom. The molecule has 1 radical (unpaired) electrons. The minimum atomic E-state index is -0.402. The van der Waals surface area contributed by atoms with Crippen LogP contribution in [0.15, 0.2) is 6.20 Å². The molecule has 0 aliphatic heterocycles. The van der Waals surface area contributed by atoms with E-state index in [2.05, 4.69) is 11.9 Å². The zero-order valence-electron chi connectivity index (χ0n) is 7.00. The minimum absolute atomic E-state index is 0.120. The molecule has 0 amide bonds. The zero-order valence-corrected chi connectivity index (χ0v) is 7.00. The van der Waals surface area contributed by atoms with Crippen molar-refractivity contribution in [1.29, 1.82) is 0 Å². The number of pyridine rings is 1. The molecule has 1 rings (SSSR count). The van der Waals surface area contributed by atoms with Gasteiger partial charge in [-0.1, -0.05) is 0 Å². The van der Waals surface area contributed by atoms with E-state index in [9.17, 15) is 10.1 Å². The number of hydrogen-bond donors (Lipinski definition) is 0. The van der Waals surface area contributed by atoms with Crippen LogP contribution < -0.4 is 0 Å². The molecule has 0 aliphatic rings. The number of rotatable bonds is 1. The Labute approximate surface area is 70.4 Å². The van der Waals surface area contributed by atoms with Crippen LogP contribution in [0, 0.1) is 30.9 Å². The smallest absolute Gasteiger partial charge is 0.260 e. The Hall–Kier alpha value is -1.45. The molecule has 1 aromatic rings. The van der Waals surface area contributed by atoms with Crippen molar-refractivity contribution in [1.82, 2.24) is 4.98 Å². The summed E-state index contributed by atoms with van der Waals surface area (Å²) in [6.07, 6.45) is 1.47. The van der Waals surface area contributed by atoms with Gasteiger partial charge in [0.05, 0.1) is 10.6 Å². The highest BCUT2D eigenvalue weighted by atomic mass is 16.6. The molecule has 0 unspecified atom stereocenters. The molecule has 1 heterocycles. The van der Waals surface area contributed by atoms with E-state index in [1.807, 2.05) is 0 Å². The maximum atomic E-state index is 10.5. The summed E-state index contributed by atoms with van der Waals surface area (Å²) < 4.78 is 0. The first-order valence-corrected chi connectivity index (χ1v) is 3.46. The van der Waals surface area contributed by atoms with Gasteiger partial charge in [-0.25, -0.2) is 0 Å². The van der Waals surface area contributed by atoms with Gasteiger partial charge in [0.2, 0.25) is 0 Å². The van der Waals surface area contributed by atoms with Crippen molar-refractivity contribution < 1.29 is 4.92 Å². The Bertz CT molecular complexity index is 334. The summed E-state index contributed by atoms with van der Waals surface area (Å²) >= 11 is 0. The predicted octanol–water partition coefficient (Wildman–Crippen LogP) is 1.79. The summed E-state index contributed by atoms with van der Waals surface area (Å²) in [5.41, 5.74) is 1.70.